The van der Waals surface area contributed by atoms with Gasteiger partial charge in [-0.3, -0.25) is 4.90 Å². The van der Waals surface area contributed by atoms with E-state index in [-0.39, 0.29) is 6.10 Å². The highest BCUT2D eigenvalue weighted by atomic mass is 16.3. The zero-order valence-corrected chi connectivity index (χ0v) is 14.8. The number of rotatable bonds is 3. The average Bonchev–Trinajstić information content (AvgIpc) is 2.38. The topological polar surface area (TPSA) is 26.7 Å². The van der Waals surface area contributed by atoms with Crippen LogP contribution in [0.4, 0.5) is 0 Å². The van der Waals surface area contributed by atoms with Gasteiger partial charge in [0.05, 0.1) is 6.10 Å². The fraction of sp³-hybridized carbons (Fsp3) is 1.00. The van der Waals surface area contributed by atoms with Gasteiger partial charge in [-0.1, -0.05) is 34.6 Å². The number of hydrogen-bond acceptors (Lipinski definition) is 3. The minimum Gasteiger partial charge on any atom is -0.391 e. The number of aliphatic hydroxyl groups excluding tert-OH is 1. The van der Waals surface area contributed by atoms with Crippen LogP contribution in [0.2, 0.25) is 0 Å². The molecule has 1 heterocycles. The number of aliphatic hydroxyl groups is 1. The van der Waals surface area contributed by atoms with Crippen LogP contribution in [0.1, 0.15) is 53.9 Å². The predicted molar refractivity (Wildman–Crippen MR) is 89.4 cm³/mol. The summed E-state index contributed by atoms with van der Waals surface area (Å²) in [6.07, 6.45) is 3.24. The Balaban J connectivity index is 1.89. The maximum Gasteiger partial charge on any atom is 0.0695 e. The first-order valence-corrected chi connectivity index (χ1v) is 8.92. The largest absolute Gasteiger partial charge is 0.391 e. The van der Waals surface area contributed by atoms with Crippen LogP contribution in [0.15, 0.2) is 0 Å². The van der Waals surface area contributed by atoms with Gasteiger partial charge in [0.25, 0.3) is 0 Å². The van der Waals surface area contributed by atoms with Crippen LogP contribution < -0.4 is 0 Å². The van der Waals surface area contributed by atoms with Crippen LogP contribution in [0, 0.1) is 17.3 Å². The Morgan fingerprint density at radius 1 is 1.05 bits per heavy atom. The Morgan fingerprint density at radius 2 is 1.67 bits per heavy atom. The fourth-order valence-electron chi connectivity index (χ4n) is 4.10. The van der Waals surface area contributed by atoms with Crippen molar-refractivity contribution in [3.63, 3.8) is 0 Å². The molecule has 1 N–H and O–H groups in total. The van der Waals surface area contributed by atoms with Crippen molar-refractivity contribution in [2.24, 2.45) is 17.3 Å². The standard InChI is InChI=1S/C18H36N2O/c1-14(2)13-19-8-10-20(11-9-19)16-12-15(18(3,4)5)6-7-17(16)21/h14-17,21H,6-13H2,1-5H3. The van der Waals surface area contributed by atoms with Gasteiger partial charge in [0.15, 0.2) is 0 Å². The molecule has 0 amide bonds. The molecule has 0 spiro atoms. The zero-order valence-electron chi connectivity index (χ0n) is 14.8. The predicted octanol–water partition coefficient (Wildman–Crippen LogP) is 2.84. The monoisotopic (exact) mass is 296 g/mol. The molecule has 0 bridgehead atoms. The van der Waals surface area contributed by atoms with Gasteiger partial charge in [-0.2, -0.15) is 0 Å². The molecule has 2 aliphatic rings. The molecule has 2 rings (SSSR count). The molecule has 2 fully saturated rings. The third-order valence-electron chi connectivity index (χ3n) is 5.51. The Morgan fingerprint density at radius 3 is 2.19 bits per heavy atom. The Kier molecular flexibility index (Phi) is 5.72. The lowest BCUT2D eigenvalue weighted by Gasteiger charge is -2.47. The van der Waals surface area contributed by atoms with Crippen molar-refractivity contribution in [1.29, 1.82) is 0 Å². The van der Waals surface area contributed by atoms with Gasteiger partial charge in [0.1, 0.15) is 0 Å². The van der Waals surface area contributed by atoms with Gasteiger partial charge in [-0.25, -0.2) is 0 Å². The summed E-state index contributed by atoms with van der Waals surface area (Å²) in [5.41, 5.74) is 0.373. The van der Waals surface area contributed by atoms with Crippen LogP contribution in [-0.4, -0.2) is 59.8 Å². The van der Waals surface area contributed by atoms with Crippen LogP contribution in [0.5, 0.6) is 0 Å². The zero-order chi connectivity index (χ0) is 15.6. The first-order chi connectivity index (χ1) is 9.77. The Hall–Kier alpha value is -0.120. The van der Waals surface area contributed by atoms with E-state index in [9.17, 15) is 5.11 Å². The quantitative estimate of drug-likeness (QED) is 0.867. The lowest BCUT2D eigenvalue weighted by molar-refractivity contribution is -0.0339. The Bertz CT molecular complexity index is 316. The highest BCUT2D eigenvalue weighted by molar-refractivity contribution is 4.92. The second-order valence-electron chi connectivity index (χ2n) is 8.74. The molecule has 0 radical (unpaired) electrons. The molecule has 3 atom stereocenters. The summed E-state index contributed by atoms with van der Waals surface area (Å²) < 4.78 is 0. The van der Waals surface area contributed by atoms with E-state index in [2.05, 4.69) is 44.4 Å². The molecular formula is C18H36N2O. The summed E-state index contributed by atoms with van der Waals surface area (Å²) in [7, 11) is 0. The SMILES string of the molecule is CC(C)CN1CCN(C2CC(C(C)(C)C)CCC2O)CC1. The van der Waals surface area contributed by atoms with Crippen LogP contribution in [-0.2, 0) is 0 Å². The molecule has 0 aromatic heterocycles. The molecular weight excluding hydrogens is 260 g/mol. The molecule has 1 aliphatic carbocycles. The molecule has 124 valence electrons. The lowest BCUT2D eigenvalue weighted by atomic mass is 9.70. The Labute approximate surface area is 131 Å². The highest BCUT2D eigenvalue weighted by Gasteiger charge is 2.38. The summed E-state index contributed by atoms with van der Waals surface area (Å²) >= 11 is 0. The van der Waals surface area contributed by atoms with Crippen LogP contribution >= 0.6 is 0 Å². The summed E-state index contributed by atoms with van der Waals surface area (Å²) in [5.74, 6) is 1.50. The lowest BCUT2D eigenvalue weighted by Crippen LogP contribution is -2.56. The summed E-state index contributed by atoms with van der Waals surface area (Å²) in [6.45, 7) is 17.5. The minimum absolute atomic E-state index is 0.111. The molecule has 3 unspecified atom stereocenters. The maximum absolute atomic E-state index is 10.5. The van der Waals surface area contributed by atoms with Crippen molar-refractivity contribution >= 4 is 0 Å². The van der Waals surface area contributed by atoms with Crippen molar-refractivity contribution in [2.75, 3.05) is 32.7 Å². The minimum atomic E-state index is -0.111. The number of piperazine rings is 1. The molecule has 1 aliphatic heterocycles. The first-order valence-electron chi connectivity index (χ1n) is 8.92. The van der Waals surface area contributed by atoms with Crippen molar-refractivity contribution in [3.8, 4) is 0 Å². The van der Waals surface area contributed by atoms with E-state index in [0.717, 1.165) is 31.3 Å². The summed E-state index contributed by atoms with van der Waals surface area (Å²) in [5, 5.41) is 10.5. The van der Waals surface area contributed by atoms with Crippen molar-refractivity contribution in [2.45, 2.75) is 66.0 Å². The second-order valence-corrected chi connectivity index (χ2v) is 8.74. The van der Waals surface area contributed by atoms with E-state index in [0.29, 0.717) is 11.5 Å². The smallest absolute Gasteiger partial charge is 0.0695 e. The number of hydrogen-bond donors (Lipinski definition) is 1. The molecule has 3 nitrogen and oxygen atoms in total. The molecule has 0 aromatic carbocycles. The van der Waals surface area contributed by atoms with E-state index < -0.39 is 0 Å². The molecule has 0 aromatic rings. The van der Waals surface area contributed by atoms with Gasteiger partial charge in [-0.05, 0) is 36.5 Å². The third-order valence-corrected chi connectivity index (χ3v) is 5.51. The van der Waals surface area contributed by atoms with Crippen molar-refractivity contribution in [1.82, 2.24) is 9.80 Å². The highest BCUT2D eigenvalue weighted by Crippen LogP contribution is 2.39. The molecule has 21 heavy (non-hydrogen) atoms. The van der Waals surface area contributed by atoms with Gasteiger partial charge in [0, 0.05) is 38.8 Å². The average molecular weight is 296 g/mol. The summed E-state index contributed by atoms with van der Waals surface area (Å²) in [4.78, 5) is 5.15. The van der Waals surface area contributed by atoms with Crippen molar-refractivity contribution < 1.29 is 5.11 Å². The molecule has 1 saturated carbocycles. The maximum atomic E-state index is 10.5. The van der Waals surface area contributed by atoms with Gasteiger partial charge < -0.3 is 10.0 Å². The van der Waals surface area contributed by atoms with Crippen LogP contribution in [0.3, 0.4) is 0 Å². The molecule has 1 saturated heterocycles. The van der Waals surface area contributed by atoms with Gasteiger partial charge in [0.2, 0.25) is 0 Å². The van der Waals surface area contributed by atoms with E-state index in [4.69, 9.17) is 0 Å². The fourth-order valence-corrected chi connectivity index (χ4v) is 4.10. The van der Waals surface area contributed by atoms with E-state index >= 15 is 0 Å². The van der Waals surface area contributed by atoms with E-state index in [1.54, 1.807) is 0 Å². The van der Waals surface area contributed by atoms with Crippen LogP contribution in [0.25, 0.3) is 0 Å². The van der Waals surface area contributed by atoms with Gasteiger partial charge in [-0.15, -0.1) is 0 Å². The first kappa shape index (κ1) is 17.2. The van der Waals surface area contributed by atoms with Gasteiger partial charge >= 0.3 is 0 Å². The number of nitrogens with zero attached hydrogens (tertiary/aromatic N) is 2. The second kappa shape index (κ2) is 6.97. The van der Waals surface area contributed by atoms with E-state index in [1.807, 2.05) is 0 Å². The van der Waals surface area contributed by atoms with E-state index in [1.165, 1.54) is 32.5 Å². The molecule has 3 heteroatoms. The summed E-state index contributed by atoms with van der Waals surface area (Å²) in [6, 6.07) is 0.393. The normalized spacial score (nSPS) is 33.6. The third kappa shape index (κ3) is 4.67. The van der Waals surface area contributed by atoms with Crippen molar-refractivity contribution in [3.05, 3.63) is 0 Å².